The van der Waals surface area contributed by atoms with E-state index in [0.29, 0.717) is 16.2 Å². The fourth-order valence-corrected chi connectivity index (χ4v) is 2.77. The second kappa shape index (κ2) is 5.95. The molecule has 3 nitrogen and oxygen atoms in total. The molecule has 5 heteroatoms. The minimum Gasteiger partial charge on any atom is -0.383 e. The van der Waals surface area contributed by atoms with Gasteiger partial charge in [-0.2, -0.15) is 0 Å². The molecule has 0 radical (unpaired) electrons. The summed E-state index contributed by atoms with van der Waals surface area (Å²) < 4.78 is 15.9. The molecule has 0 saturated carbocycles. The molecular formula is C15H19BrFN3. The van der Waals surface area contributed by atoms with Crippen molar-refractivity contribution in [3.8, 4) is 11.3 Å². The number of nitrogens with two attached hydrogens (primary N) is 1. The maximum absolute atomic E-state index is 13.2. The Kier molecular flexibility index (Phi) is 4.48. The Morgan fingerprint density at radius 1 is 1.40 bits per heavy atom. The van der Waals surface area contributed by atoms with Crippen molar-refractivity contribution in [2.45, 2.75) is 33.7 Å². The molecular weight excluding hydrogens is 321 g/mol. The number of hydrogen-bond donors (Lipinski definition) is 1. The normalized spacial score (nSPS) is 11.3. The lowest BCUT2D eigenvalue weighted by Crippen LogP contribution is -2.11. The van der Waals surface area contributed by atoms with Gasteiger partial charge in [-0.15, -0.1) is 0 Å². The summed E-state index contributed by atoms with van der Waals surface area (Å²) in [6.07, 6.45) is 0.815. The van der Waals surface area contributed by atoms with E-state index in [4.69, 9.17) is 5.73 Å². The zero-order valence-electron chi connectivity index (χ0n) is 12.0. The van der Waals surface area contributed by atoms with Gasteiger partial charge in [0.15, 0.2) is 0 Å². The summed E-state index contributed by atoms with van der Waals surface area (Å²) in [7, 11) is 0. The SMILES string of the molecule is CCc1nc(-c2ccc(F)cc2Br)c(N)n1CC(C)C. The van der Waals surface area contributed by atoms with Gasteiger partial charge in [-0.3, -0.25) is 0 Å². The summed E-state index contributed by atoms with van der Waals surface area (Å²) in [6.45, 7) is 7.18. The lowest BCUT2D eigenvalue weighted by atomic mass is 10.1. The minimum atomic E-state index is -0.281. The van der Waals surface area contributed by atoms with Crippen molar-refractivity contribution in [1.29, 1.82) is 0 Å². The zero-order valence-corrected chi connectivity index (χ0v) is 13.5. The Morgan fingerprint density at radius 2 is 2.10 bits per heavy atom. The van der Waals surface area contributed by atoms with Crippen molar-refractivity contribution in [3.63, 3.8) is 0 Å². The summed E-state index contributed by atoms with van der Waals surface area (Å²) in [4.78, 5) is 4.63. The predicted molar refractivity (Wildman–Crippen MR) is 83.9 cm³/mol. The van der Waals surface area contributed by atoms with Gasteiger partial charge in [0, 0.05) is 23.0 Å². The molecule has 1 heterocycles. The Labute approximate surface area is 127 Å². The lowest BCUT2D eigenvalue weighted by Gasteiger charge is -2.11. The monoisotopic (exact) mass is 339 g/mol. The highest BCUT2D eigenvalue weighted by atomic mass is 79.9. The third kappa shape index (κ3) is 2.87. The topological polar surface area (TPSA) is 43.8 Å². The van der Waals surface area contributed by atoms with Gasteiger partial charge in [0.05, 0.1) is 0 Å². The van der Waals surface area contributed by atoms with Crippen LogP contribution in [0.2, 0.25) is 0 Å². The molecule has 0 aliphatic rings. The van der Waals surface area contributed by atoms with Crippen LogP contribution in [0.5, 0.6) is 0 Å². The fourth-order valence-electron chi connectivity index (χ4n) is 2.23. The third-order valence-electron chi connectivity index (χ3n) is 3.14. The molecule has 0 spiro atoms. The molecule has 2 aromatic rings. The zero-order chi connectivity index (χ0) is 14.9. The van der Waals surface area contributed by atoms with Gasteiger partial charge in [-0.05, 0) is 40.0 Å². The molecule has 2 rings (SSSR count). The number of aryl methyl sites for hydroxylation is 1. The van der Waals surface area contributed by atoms with Crippen LogP contribution in [0, 0.1) is 11.7 Å². The molecule has 20 heavy (non-hydrogen) atoms. The number of nitrogens with zero attached hydrogens (tertiary/aromatic N) is 2. The van der Waals surface area contributed by atoms with Gasteiger partial charge in [0.1, 0.15) is 23.2 Å². The first-order chi connectivity index (χ1) is 9.43. The largest absolute Gasteiger partial charge is 0.383 e. The number of rotatable bonds is 4. The van der Waals surface area contributed by atoms with Crippen LogP contribution in [-0.4, -0.2) is 9.55 Å². The summed E-state index contributed by atoms with van der Waals surface area (Å²) in [5, 5.41) is 0. The Morgan fingerprint density at radius 3 is 2.65 bits per heavy atom. The van der Waals surface area contributed by atoms with Crippen LogP contribution in [0.4, 0.5) is 10.2 Å². The molecule has 1 aromatic heterocycles. The number of hydrogen-bond acceptors (Lipinski definition) is 2. The fraction of sp³-hybridized carbons (Fsp3) is 0.400. The van der Waals surface area contributed by atoms with Crippen molar-refractivity contribution in [2.24, 2.45) is 5.92 Å². The molecule has 0 amide bonds. The molecule has 0 fully saturated rings. The van der Waals surface area contributed by atoms with Gasteiger partial charge in [0.2, 0.25) is 0 Å². The van der Waals surface area contributed by atoms with Crippen LogP contribution in [0.15, 0.2) is 22.7 Å². The van der Waals surface area contributed by atoms with Gasteiger partial charge >= 0.3 is 0 Å². The number of halogens is 2. The molecule has 0 saturated heterocycles. The lowest BCUT2D eigenvalue weighted by molar-refractivity contribution is 0.513. The molecule has 0 aliphatic heterocycles. The number of benzene rings is 1. The van der Waals surface area contributed by atoms with Crippen molar-refractivity contribution < 1.29 is 4.39 Å². The molecule has 2 N–H and O–H groups in total. The van der Waals surface area contributed by atoms with Gasteiger partial charge < -0.3 is 10.3 Å². The highest BCUT2D eigenvalue weighted by Gasteiger charge is 2.17. The summed E-state index contributed by atoms with van der Waals surface area (Å²) in [5.74, 6) is 1.81. The van der Waals surface area contributed by atoms with Crippen molar-refractivity contribution in [2.75, 3.05) is 5.73 Å². The summed E-state index contributed by atoms with van der Waals surface area (Å²) in [6, 6.07) is 4.56. The molecule has 0 aliphatic carbocycles. The van der Waals surface area contributed by atoms with Crippen molar-refractivity contribution in [3.05, 3.63) is 34.3 Å². The van der Waals surface area contributed by atoms with E-state index in [1.54, 1.807) is 6.07 Å². The van der Waals surface area contributed by atoms with Crippen LogP contribution in [0.3, 0.4) is 0 Å². The Bertz CT molecular complexity index is 620. The van der Waals surface area contributed by atoms with E-state index in [2.05, 4.69) is 46.3 Å². The second-order valence-electron chi connectivity index (χ2n) is 5.24. The summed E-state index contributed by atoms with van der Waals surface area (Å²) in [5.41, 5.74) is 7.79. The van der Waals surface area contributed by atoms with Crippen LogP contribution in [0.1, 0.15) is 26.6 Å². The number of imidazole rings is 1. The smallest absolute Gasteiger partial charge is 0.131 e. The highest BCUT2D eigenvalue weighted by molar-refractivity contribution is 9.10. The van der Waals surface area contributed by atoms with Crippen LogP contribution in [-0.2, 0) is 13.0 Å². The standard InChI is InChI=1S/C15H19BrFN3/c1-4-13-19-14(15(18)20(13)8-9(2)3)11-6-5-10(17)7-12(11)16/h5-7,9H,4,8,18H2,1-3H3. The first-order valence-electron chi connectivity index (χ1n) is 6.74. The maximum Gasteiger partial charge on any atom is 0.131 e. The molecule has 0 unspecified atom stereocenters. The van der Waals surface area contributed by atoms with E-state index in [-0.39, 0.29) is 5.82 Å². The van der Waals surface area contributed by atoms with Gasteiger partial charge in [0.25, 0.3) is 0 Å². The Hall–Kier alpha value is -1.36. The van der Waals surface area contributed by atoms with E-state index in [0.717, 1.165) is 30.0 Å². The number of anilines is 1. The van der Waals surface area contributed by atoms with E-state index < -0.39 is 0 Å². The molecule has 0 atom stereocenters. The minimum absolute atomic E-state index is 0.281. The van der Waals surface area contributed by atoms with Crippen LogP contribution < -0.4 is 5.73 Å². The van der Waals surface area contributed by atoms with E-state index in [9.17, 15) is 4.39 Å². The maximum atomic E-state index is 13.2. The highest BCUT2D eigenvalue weighted by Crippen LogP contribution is 2.33. The average molecular weight is 340 g/mol. The Balaban J connectivity index is 2.54. The van der Waals surface area contributed by atoms with Crippen molar-refractivity contribution in [1.82, 2.24) is 9.55 Å². The first kappa shape index (κ1) is 15.0. The van der Waals surface area contributed by atoms with Crippen molar-refractivity contribution >= 4 is 21.7 Å². The van der Waals surface area contributed by atoms with E-state index in [1.807, 2.05) is 0 Å². The molecule has 1 aromatic carbocycles. The van der Waals surface area contributed by atoms with Crippen LogP contribution in [0.25, 0.3) is 11.3 Å². The van der Waals surface area contributed by atoms with E-state index >= 15 is 0 Å². The molecule has 0 bridgehead atoms. The quantitative estimate of drug-likeness (QED) is 0.904. The molecule has 108 valence electrons. The summed E-state index contributed by atoms with van der Waals surface area (Å²) >= 11 is 3.38. The third-order valence-corrected chi connectivity index (χ3v) is 3.79. The first-order valence-corrected chi connectivity index (χ1v) is 7.53. The van der Waals surface area contributed by atoms with Crippen LogP contribution >= 0.6 is 15.9 Å². The number of nitrogen functional groups attached to an aromatic ring is 1. The van der Waals surface area contributed by atoms with Gasteiger partial charge in [-0.25, -0.2) is 9.37 Å². The number of aromatic nitrogens is 2. The average Bonchev–Trinajstić information content (AvgIpc) is 2.67. The second-order valence-corrected chi connectivity index (χ2v) is 6.10. The predicted octanol–water partition coefficient (Wildman–Crippen LogP) is 4.25. The van der Waals surface area contributed by atoms with Gasteiger partial charge in [-0.1, -0.05) is 20.8 Å². The van der Waals surface area contributed by atoms with E-state index in [1.165, 1.54) is 12.1 Å².